The summed E-state index contributed by atoms with van der Waals surface area (Å²) in [5.41, 5.74) is 0. The van der Waals surface area contributed by atoms with Crippen LogP contribution in [0.15, 0.2) is 0 Å². The molecular formula is C20H38O7. The molecule has 0 aliphatic heterocycles. The lowest BCUT2D eigenvalue weighted by atomic mass is 10.1. The van der Waals surface area contributed by atoms with Gasteiger partial charge in [-0.2, -0.15) is 0 Å². The summed E-state index contributed by atoms with van der Waals surface area (Å²) in [5.74, 6) is -2.29. The van der Waals surface area contributed by atoms with Gasteiger partial charge in [0.25, 0.3) is 5.97 Å². The van der Waals surface area contributed by atoms with Crippen molar-refractivity contribution in [2.75, 3.05) is 27.9 Å². The topological polar surface area (TPSA) is 91.3 Å². The van der Waals surface area contributed by atoms with Crippen LogP contribution >= 0.6 is 0 Å². The molecule has 27 heavy (non-hydrogen) atoms. The zero-order valence-electron chi connectivity index (χ0n) is 17.3. The van der Waals surface area contributed by atoms with Crippen molar-refractivity contribution in [1.29, 1.82) is 0 Å². The lowest BCUT2D eigenvalue weighted by molar-refractivity contribution is -0.355. The van der Waals surface area contributed by atoms with E-state index >= 15 is 0 Å². The number of hydrogen-bond donors (Lipinski definition) is 1. The van der Waals surface area contributed by atoms with Crippen LogP contribution in [0.4, 0.5) is 0 Å². The Labute approximate surface area is 163 Å². The summed E-state index contributed by atoms with van der Waals surface area (Å²) in [4.78, 5) is 21.6. The SMILES string of the molecule is COC(CCCCCCCCCCCCOC(=O)CCC(=O)O)(OC)OC. The second kappa shape index (κ2) is 17.0. The second-order valence-corrected chi connectivity index (χ2v) is 6.70. The first-order valence-electron chi connectivity index (χ1n) is 10.0. The minimum absolute atomic E-state index is 0.0429. The number of aliphatic carboxylic acids is 1. The molecule has 160 valence electrons. The smallest absolute Gasteiger partial charge is 0.306 e. The standard InChI is InChI=1S/C20H38O7/c1-24-20(25-2,26-3)16-12-10-8-6-4-5-7-9-11-13-17-27-19(23)15-14-18(21)22/h4-17H2,1-3H3,(H,21,22). The summed E-state index contributed by atoms with van der Waals surface area (Å²) in [7, 11) is 4.78. The molecule has 0 saturated carbocycles. The van der Waals surface area contributed by atoms with Crippen molar-refractivity contribution in [1.82, 2.24) is 0 Å². The van der Waals surface area contributed by atoms with E-state index in [0.717, 1.165) is 38.5 Å². The third-order valence-corrected chi connectivity index (χ3v) is 4.62. The molecule has 0 spiro atoms. The highest BCUT2D eigenvalue weighted by Crippen LogP contribution is 2.21. The van der Waals surface area contributed by atoms with E-state index in [1.165, 1.54) is 32.1 Å². The molecule has 0 atom stereocenters. The van der Waals surface area contributed by atoms with Crippen LogP contribution < -0.4 is 0 Å². The number of hydrogen-bond acceptors (Lipinski definition) is 6. The molecule has 0 bridgehead atoms. The molecule has 0 rings (SSSR count). The fraction of sp³-hybridized carbons (Fsp3) is 0.900. The van der Waals surface area contributed by atoms with Crippen LogP contribution in [0.5, 0.6) is 0 Å². The number of methoxy groups -OCH3 is 3. The summed E-state index contributed by atoms with van der Waals surface area (Å²) in [6.07, 6.45) is 11.8. The molecule has 0 aromatic rings. The Morgan fingerprint density at radius 2 is 1.15 bits per heavy atom. The predicted molar refractivity (Wildman–Crippen MR) is 102 cm³/mol. The number of carboxylic acids is 1. The second-order valence-electron chi connectivity index (χ2n) is 6.70. The van der Waals surface area contributed by atoms with Gasteiger partial charge in [-0.25, -0.2) is 0 Å². The number of rotatable bonds is 19. The maximum absolute atomic E-state index is 11.2. The highest BCUT2D eigenvalue weighted by Gasteiger charge is 2.28. The Bertz CT molecular complexity index is 372. The van der Waals surface area contributed by atoms with Gasteiger partial charge in [0.05, 0.1) is 19.4 Å². The Balaban J connectivity index is 3.34. The number of unbranched alkanes of at least 4 members (excludes halogenated alkanes) is 9. The Hall–Kier alpha value is -1.18. The van der Waals surface area contributed by atoms with Gasteiger partial charge in [0.2, 0.25) is 0 Å². The molecule has 7 heteroatoms. The lowest BCUT2D eigenvalue weighted by Crippen LogP contribution is -2.35. The molecule has 0 fully saturated rings. The van der Waals surface area contributed by atoms with E-state index in [1.54, 1.807) is 21.3 Å². The monoisotopic (exact) mass is 390 g/mol. The lowest BCUT2D eigenvalue weighted by Gasteiger charge is -2.28. The van der Waals surface area contributed by atoms with Crippen LogP contribution in [-0.4, -0.2) is 51.0 Å². The first-order valence-corrected chi connectivity index (χ1v) is 10.0. The number of esters is 1. The quantitative estimate of drug-likeness (QED) is 0.200. The van der Waals surface area contributed by atoms with Crippen LogP contribution in [0.1, 0.15) is 83.5 Å². The molecule has 0 unspecified atom stereocenters. The molecule has 0 saturated heterocycles. The van der Waals surface area contributed by atoms with Crippen LogP contribution in [0.25, 0.3) is 0 Å². The first kappa shape index (κ1) is 25.8. The van der Waals surface area contributed by atoms with E-state index in [9.17, 15) is 9.59 Å². The molecule has 0 amide bonds. The van der Waals surface area contributed by atoms with Crippen molar-refractivity contribution in [3.63, 3.8) is 0 Å². The highest BCUT2D eigenvalue weighted by atomic mass is 16.9. The van der Waals surface area contributed by atoms with Crippen LogP contribution in [0, 0.1) is 0 Å². The number of carbonyl (C=O) groups is 2. The summed E-state index contributed by atoms with van der Waals surface area (Å²) >= 11 is 0. The van der Waals surface area contributed by atoms with Crippen LogP contribution in [0.2, 0.25) is 0 Å². The maximum Gasteiger partial charge on any atom is 0.306 e. The summed E-state index contributed by atoms with van der Waals surface area (Å²) in [5, 5.41) is 8.48. The van der Waals surface area contributed by atoms with E-state index in [2.05, 4.69) is 0 Å². The van der Waals surface area contributed by atoms with Gasteiger partial charge >= 0.3 is 11.9 Å². The molecule has 7 nitrogen and oxygen atoms in total. The zero-order valence-corrected chi connectivity index (χ0v) is 17.3. The fourth-order valence-electron chi connectivity index (χ4n) is 2.88. The predicted octanol–water partition coefficient (Wildman–Crippen LogP) is 4.28. The molecule has 0 heterocycles. The summed E-state index contributed by atoms with van der Waals surface area (Å²) in [6, 6.07) is 0. The fourth-order valence-corrected chi connectivity index (χ4v) is 2.88. The molecular weight excluding hydrogens is 352 g/mol. The van der Waals surface area contributed by atoms with E-state index in [-0.39, 0.29) is 12.8 Å². The number of carboxylic acid groups (broad SMARTS) is 1. The van der Waals surface area contributed by atoms with Gasteiger partial charge in [0, 0.05) is 27.8 Å². The van der Waals surface area contributed by atoms with Crippen LogP contribution in [-0.2, 0) is 28.5 Å². The van der Waals surface area contributed by atoms with Crippen molar-refractivity contribution in [2.24, 2.45) is 0 Å². The number of carbonyl (C=O) groups excluding carboxylic acids is 1. The van der Waals surface area contributed by atoms with E-state index in [4.69, 9.17) is 24.1 Å². The van der Waals surface area contributed by atoms with Gasteiger partial charge in [-0.15, -0.1) is 0 Å². The van der Waals surface area contributed by atoms with E-state index in [1.807, 2.05) is 0 Å². The van der Waals surface area contributed by atoms with Crippen molar-refractivity contribution >= 4 is 11.9 Å². The van der Waals surface area contributed by atoms with Gasteiger partial charge in [-0.05, 0) is 12.8 Å². The average Bonchev–Trinajstić information content (AvgIpc) is 2.67. The summed E-state index contributed by atoms with van der Waals surface area (Å²) in [6.45, 7) is 0.393. The maximum atomic E-state index is 11.2. The molecule has 0 aliphatic carbocycles. The van der Waals surface area contributed by atoms with Gasteiger partial charge in [-0.1, -0.05) is 51.4 Å². The Kier molecular flexibility index (Phi) is 16.2. The minimum Gasteiger partial charge on any atom is -0.481 e. The molecule has 0 aliphatic rings. The van der Waals surface area contributed by atoms with Gasteiger partial charge < -0.3 is 24.1 Å². The van der Waals surface area contributed by atoms with Crippen LogP contribution in [0.3, 0.4) is 0 Å². The van der Waals surface area contributed by atoms with E-state index < -0.39 is 17.9 Å². The van der Waals surface area contributed by atoms with Gasteiger partial charge in [0.1, 0.15) is 0 Å². The average molecular weight is 391 g/mol. The van der Waals surface area contributed by atoms with Gasteiger partial charge in [-0.3, -0.25) is 9.59 Å². The normalized spacial score (nSPS) is 11.5. The molecule has 0 aromatic heterocycles. The Morgan fingerprint density at radius 1 is 0.704 bits per heavy atom. The molecule has 0 radical (unpaired) electrons. The van der Waals surface area contributed by atoms with Crippen molar-refractivity contribution in [3.05, 3.63) is 0 Å². The van der Waals surface area contributed by atoms with E-state index in [0.29, 0.717) is 6.61 Å². The van der Waals surface area contributed by atoms with Crippen molar-refractivity contribution in [2.45, 2.75) is 89.4 Å². The first-order chi connectivity index (χ1) is 13.0. The largest absolute Gasteiger partial charge is 0.481 e. The van der Waals surface area contributed by atoms with Crippen molar-refractivity contribution in [3.8, 4) is 0 Å². The summed E-state index contributed by atoms with van der Waals surface area (Å²) < 4.78 is 20.8. The Morgan fingerprint density at radius 3 is 1.59 bits per heavy atom. The zero-order chi connectivity index (χ0) is 20.4. The third-order valence-electron chi connectivity index (χ3n) is 4.62. The van der Waals surface area contributed by atoms with Gasteiger partial charge in [0.15, 0.2) is 0 Å². The third kappa shape index (κ3) is 14.5. The van der Waals surface area contributed by atoms with Crippen molar-refractivity contribution < 1.29 is 33.6 Å². The molecule has 0 aromatic carbocycles. The molecule has 1 N–H and O–H groups in total. The highest BCUT2D eigenvalue weighted by molar-refractivity contribution is 5.76. The number of ether oxygens (including phenoxy) is 4. The minimum atomic E-state index is -0.972.